The first-order valence-corrected chi connectivity index (χ1v) is 7.69. The molecule has 1 aromatic carbocycles. The van der Waals surface area contributed by atoms with Crippen LogP contribution in [0.4, 0.5) is 0 Å². The maximum Gasteiger partial charge on any atom is 0.248 e. The van der Waals surface area contributed by atoms with Crippen LogP contribution in [0.5, 0.6) is 0 Å². The van der Waals surface area contributed by atoms with Crippen LogP contribution in [0.1, 0.15) is 44.7 Å². The Morgan fingerprint density at radius 3 is 2.52 bits per heavy atom. The quantitative estimate of drug-likeness (QED) is 0.926. The fourth-order valence-corrected chi connectivity index (χ4v) is 3.25. The van der Waals surface area contributed by atoms with Crippen molar-refractivity contribution in [2.45, 2.75) is 44.7 Å². The van der Waals surface area contributed by atoms with Crippen LogP contribution in [-0.2, 0) is 9.59 Å². The monoisotopic (exact) mass is 286 g/mol. The topological polar surface area (TPSA) is 49.4 Å². The minimum Gasteiger partial charge on any atom is -0.342 e. The smallest absolute Gasteiger partial charge is 0.248 e. The number of hydrogen-bond donors (Lipinski definition) is 1. The molecule has 0 spiro atoms. The van der Waals surface area contributed by atoms with Crippen molar-refractivity contribution in [3.05, 3.63) is 35.9 Å². The number of hydrogen-bond acceptors (Lipinski definition) is 2. The molecule has 1 saturated carbocycles. The van der Waals surface area contributed by atoms with Gasteiger partial charge in [-0.1, -0.05) is 30.3 Å². The van der Waals surface area contributed by atoms with Gasteiger partial charge < -0.3 is 10.2 Å². The Labute approximate surface area is 125 Å². The maximum absolute atomic E-state index is 13.0. The number of amides is 2. The second-order valence-corrected chi connectivity index (χ2v) is 6.36. The highest BCUT2D eigenvalue weighted by molar-refractivity contribution is 5.94. The van der Waals surface area contributed by atoms with Crippen molar-refractivity contribution < 1.29 is 9.59 Å². The third-order valence-corrected chi connectivity index (χ3v) is 4.83. The van der Waals surface area contributed by atoms with Gasteiger partial charge in [-0.05, 0) is 38.2 Å². The van der Waals surface area contributed by atoms with E-state index in [0.717, 1.165) is 18.4 Å². The van der Waals surface area contributed by atoms with Crippen LogP contribution in [-0.4, -0.2) is 28.8 Å². The average Bonchev–Trinajstić information content (AvgIpc) is 3.32. The largest absolute Gasteiger partial charge is 0.342 e. The van der Waals surface area contributed by atoms with E-state index in [4.69, 9.17) is 0 Å². The summed E-state index contributed by atoms with van der Waals surface area (Å²) >= 11 is 0. The third kappa shape index (κ3) is 2.55. The number of benzene rings is 1. The highest BCUT2D eigenvalue weighted by Crippen LogP contribution is 2.42. The number of carbonyl (C=O) groups is 2. The summed E-state index contributed by atoms with van der Waals surface area (Å²) in [5, 5.41) is 2.97. The molecule has 2 aliphatic rings. The fraction of sp³-hybridized carbons (Fsp3) is 0.529. The average molecular weight is 286 g/mol. The number of nitrogens with one attached hydrogen (secondary N) is 1. The SMILES string of the molecule is CC(c1ccccc1)N1CCC(=O)NC(C)(C2CC2)C1=O. The van der Waals surface area contributed by atoms with E-state index in [-0.39, 0.29) is 23.8 Å². The van der Waals surface area contributed by atoms with Crippen molar-refractivity contribution in [2.24, 2.45) is 5.92 Å². The summed E-state index contributed by atoms with van der Waals surface area (Å²) in [4.78, 5) is 26.9. The molecule has 4 nitrogen and oxygen atoms in total. The lowest BCUT2D eigenvalue weighted by Crippen LogP contribution is -2.57. The first-order chi connectivity index (χ1) is 10.0. The van der Waals surface area contributed by atoms with Crippen molar-refractivity contribution >= 4 is 11.8 Å². The van der Waals surface area contributed by atoms with Crippen molar-refractivity contribution in [3.8, 4) is 0 Å². The molecular formula is C17H22N2O2. The summed E-state index contributed by atoms with van der Waals surface area (Å²) in [5.74, 6) is 0.338. The molecule has 21 heavy (non-hydrogen) atoms. The van der Waals surface area contributed by atoms with E-state index in [2.05, 4.69) is 5.32 Å². The van der Waals surface area contributed by atoms with Crippen LogP contribution in [0.25, 0.3) is 0 Å². The van der Waals surface area contributed by atoms with Gasteiger partial charge in [-0.25, -0.2) is 0 Å². The van der Waals surface area contributed by atoms with Gasteiger partial charge >= 0.3 is 0 Å². The summed E-state index contributed by atoms with van der Waals surface area (Å²) < 4.78 is 0. The molecule has 0 radical (unpaired) electrons. The molecule has 1 heterocycles. The molecule has 1 aliphatic heterocycles. The lowest BCUT2D eigenvalue weighted by molar-refractivity contribution is -0.141. The van der Waals surface area contributed by atoms with E-state index in [1.807, 2.05) is 49.1 Å². The van der Waals surface area contributed by atoms with Crippen molar-refractivity contribution in [3.63, 3.8) is 0 Å². The molecular weight excluding hydrogens is 264 g/mol. The second kappa shape index (κ2) is 5.17. The number of nitrogens with zero attached hydrogens (tertiary/aromatic N) is 1. The lowest BCUT2D eigenvalue weighted by atomic mass is 9.93. The molecule has 2 atom stereocenters. The Hall–Kier alpha value is -1.84. The van der Waals surface area contributed by atoms with Gasteiger partial charge in [-0.15, -0.1) is 0 Å². The van der Waals surface area contributed by atoms with Gasteiger partial charge in [0.05, 0.1) is 6.04 Å². The van der Waals surface area contributed by atoms with Gasteiger partial charge in [0, 0.05) is 13.0 Å². The summed E-state index contributed by atoms with van der Waals surface area (Å²) in [6.45, 7) is 4.42. The zero-order valence-electron chi connectivity index (χ0n) is 12.6. The van der Waals surface area contributed by atoms with Crippen molar-refractivity contribution in [2.75, 3.05) is 6.54 Å². The van der Waals surface area contributed by atoms with Gasteiger partial charge in [0.15, 0.2) is 0 Å². The normalized spacial score (nSPS) is 28.0. The molecule has 1 saturated heterocycles. The molecule has 2 fully saturated rings. The van der Waals surface area contributed by atoms with Gasteiger partial charge in [0.25, 0.3) is 0 Å². The Kier molecular flexibility index (Phi) is 3.47. The van der Waals surface area contributed by atoms with Crippen LogP contribution in [0.3, 0.4) is 0 Å². The zero-order chi connectivity index (χ0) is 15.0. The Balaban J connectivity index is 1.90. The van der Waals surface area contributed by atoms with Crippen LogP contribution in [0, 0.1) is 5.92 Å². The van der Waals surface area contributed by atoms with E-state index in [1.54, 1.807) is 0 Å². The maximum atomic E-state index is 13.0. The first-order valence-electron chi connectivity index (χ1n) is 7.69. The standard InChI is InChI=1S/C17H22N2O2/c1-12(13-6-4-3-5-7-13)19-11-10-15(20)18-17(2,16(19)21)14-8-9-14/h3-7,12,14H,8-11H2,1-2H3,(H,18,20). The van der Waals surface area contributed by atoms with Gasteiger partial charge in [-0.2, -0.15) is 0 Å². The Morgan fingerprint density at radius 2 is 1.90 bits per heavy atom. The molecule has 112 valence electrons. The molecule has 1 aromatic rings. The van der Waals surface area contributed by atoms with E-state index < -0.39 is 5.54 Å². The van der Waals surface area contributed by atoms with Crippen molar-refractivity contribution in [1.29, 1.82) is 0 Å². The molecule has 2 amide bonds. The Morgan fingerprint density at radius 1 is 1.24 bits per heavy atom. The summed E-state index contributed by atoms with van der Waals surface area (Å²) in [6, 6.07) is 10.00. The summed E-state index contributed by atoms with van der Waals surface area (Å²) in [7, 11) is 0. The van der Waals surface area contributed by atoms with Gasteiger partial charge in [-0.3, -0.25) is 9.59 Å². The minimum atomic E-state index is -0.726. The van der Waals surface area contributed by atoms with E-state index in [1.165, 1.54) is 0 Å². The Bertz CT molecular complexity index is 553. The molecule has 1 N–H and O–H groups in total. The number of rotatable bonds is 3. The van der Waals surface area contributed by atoms with E-state index >= 15 is 0 Å². The molecule has 4 heteroatoms. The van der Waals surface area contributed by atoms with Crippen LogP contribution in [0.15, 0.2) is 30.3 Å². The van der Waals surface area contributed by atoms with E-state index in [0.29, 0.717) is 13.0 Å². The molecule has 2 unspecified atom stereocenters. The molecule has 0 bridgehead atoms. The predicted octanol–water partition coefficient (Wildman–Crippen LogP) is 2.26. The molecule has 0 aromatic heterocycles. The lowest BCUT2D eigenvalue weighted by Gasteiger charge is -2.35. The fourth-order valence-electron chi connectivity index (χ4n) is 3.25. The van der Waals surface area contributed by atoms with Crippen LogP contribution < -0.4 is 5.32 Å². The van der Waals surface area contributed by atoms with Crippen LogP contribution >= 0.6 is 0 Å². The number of carbonyl (C=O) groups excluding carboxylic acids is 2. The van der Waals surface area contributed by atoms with Gasteiger partial charge in [0.1, 0.15) is 5.54 Å². The van der Waals surface area contributed by atoms with Crippen molar-refractivity contribution in [1.82, 2.24) is 10.2 Å². The molecule has 1 aliphatic carbocycles. The van der Waals surface area contributed by atoms with Gasteiger partial charge in [0.2, 0.25) is 11.8 Å². The highest BCUT2D eigenvalue weighted by atomic mass is 16.2. The zero-order valence-corrected chi connectivity index (χ0v) is 12.6. The second-order valence-electron chi connectivity index (χ2n) is 6.36. The third-order valence-electron chi connectivity index (χ3n) is 4.83. The first kappa shape index (κ1) is 14.1. The highest BCUT2D eigenvalue weighted by Gasteiger charge is 2.51. The minimum absolute atomic E-state index is 0.00975. The predicted molar refractivity (Wildman–Crippen MR) is 80.5 cm³/mol. The summed E-state index contributed by atoms with van der Waals surface area (Å²) in [6.07, 6.45) is 2.43. The summed E-state index contributed by atoms with van der Waals surface area (Å²) in [5.41, 5.74) is 0.384. The molecule has 3 rings (SSSR count). The van der Waals surface area contributed by atoms with Crippen LogP contribution in [0.2, 0.25) is 0 Å². The van der Waals surface area contributed by atoms with E-state index in [9.17, 15) is 9.59 Å².